The third kappa shape index (κ3) is 6.04. The van der Waals surface area contributed by atoms with Crippen LogP contribution >= 0.6 is 27.3 Å². The van der Waals surface area contributed by atoms with Gasteiger partial charge in [0.05, 0.1) is 30.2 Å². The Morgan fingerprint density at radius 3 is 2.72 bits per heavy atom. The van der Waals surface area contributed by atoms with Crippen molar-refractivity contribution in [2.24, 2.45) is 7.05 Å². The van der Waals surface area contributed by atoms with Gasteiger partial charge in [0.1, 0.15) is 23.6 Å². The minimum Gasteiger partial charge on any atom is -0.444 e. The van der Waals surface area contributed by atoms with Crippen LogP contribution in [0.3, 0.4) is 0 Å². The SMILES string of the molecule is Cc1sc(Br)nc1C(=O)Nc1cnn(C)c1[C@@H]1CC[C@@H](NC(=O)OC(C)(C)C)[C@H](F)CO1. The fraction of sp³-hybridized carbons (Fsp3) is 0.600. The summed E-state index contributed by atoms with van der Waals surface area (Å²) in [5, 5.41) is 9.67. The standard InChI is InChI=1S/C20H27BrFN5O4S/c1-10-15(26-18(21)32-10)17(28)24-13-8-23-27(5)16(13)14-7-6-12(11(22)9-30-14)25-19(29)31-20(2,3)4/h8,11-12,14H,6-7,9H2,1-5H3,(H,24,28)(H,25,29)/t11-,12-,14+/m1/s1. The molecule has 0 radical (unpaired) electrons. The summed E-state index contributed by atoms with van der Waals surface area (Å²) in [6, 6.07) is -0.740. The highest BCUT2D eigenvalue weighted by molar-refractivity contribution is 9.11. The normalized spacial score (nSPS) is 21.7. The molecule has 176 valence electrons. The first-order chi connectivity index (χ1) is 14.9. The molecule has 3 rings (SSSR count). The summed E-state index contributed by atoms with van der Waals surface area (Å²) in [4.78, 5) is 29.8. The Morgan fingerprint density at radius 1 is 1.38 bits per heavy atom. The number of alkyl halides is 1. The van der Waals surface area contributed by atoms with Crippen molar-refractivity contribution >= 4 is 45.0 Å². The van der Waals surface area contributed by atoms with Crippen LogP contribution in [0.15, 0.2) is 10.1 Å². The smallest absolute Gasteiger partial charge is 0.407 e. The first-order valence-corrected chi connectivity index (χ1v) is 11.8. The highest BCUT2D eigenvalue weighted by Gasteiger charge is 2.33. The van der Waals surface area contributed by atoms with Gasteiger partial charge < -0.3 is 20.1 Å². The van der Waals surface area contributed by atoms with E-state index in [2.05, 4.69) is 36.6 Å². The van der Waals surface area contributed by atoms with Gasteiger partial charge in [-0.3, -0.25) is 9.48 Å². The van der Waals surface area contributed by atoms with Crippen LogP contribution < -0.4 is 10.6 Å². The molecule has 1 fully saturated rings. The van der Waals surface area contributed by atoms with Crippen LogP contribution in [0.1, 0.15) is 60.8 Å². The average Bonchev–Trinajstić information content (AvgIpc) is 3.14. The van der Waals surface area contributed by atoms with Gasteiger partial charge in [-0.05, 0) is 56.5 Å². The van der Waals surface area contributed by atoms with Crippen molar-refractivity contribution in [2.45, 2.75) is 64.5 Å². The molecular formula is C20H27BrFN5O4S. The molecule has 3 heterocycles. The van der Waals surface area contributed by atoms with Crippen LogP contribution in [0, 0.1) is 6.92 Å². The van der Waals surface area contributed by atoms with Gasteiger partial charge in [0.2, 0.25) is 0 Å². The number of hydrogen-bond donors (Lipinski definition) is 2. The number of halogens is 2. The first kappa shape index (κ1) is 24.6. The van der Waals surface area contributed by atoms with Crippen LogP contribution in [-0.4, -0.2) is 51.2 Å². The van der Waals surface area contributed by atoms with Gasteiger partial charge in [0.25, 0.3) is 5.91 Å². The van der Waals surface area contributed by atoms with Crippen molar-refractivity contribution in [3.8, 4) is 0 Å². The molecule has 1 aliphatic rings. The molecule has 3 atom stereocenters. The maximum atomic E-state index is 14.7. The zero-order valence-corrected chi connectivity index (χ0v) is 21.0. The maximum Gasteiger partial charge on any atom is 0.407 e. The number of nitrogens with zero attached hydrogens (tertiary/aromatic N) is 3. The van der Waals surface area contributed by atoms with Gasteiger partial charge >= 0.3 is 6.09 Å². The number of amides is 2. The van der Waals surface area contributed by atoms with Crippen molar-refractivity contribution in [3.63, 3.8) is 0 Å². The van der Waals surface area contributed by atoms with E-state index in [9.17, 15) is 14.0 Å². The van der Waals surface area contributed by atoms with Gasteiger partial charge in [-0.1, -0.05) is 0 Å². The lowest BCUT2D eigenvalue weighted by molar-refractivity contribution is 0.0202. The molecule has 0 bridgehead atoms. The minimum atomic E-state index is -1.39. The van der Waals surface area contributed by atoms with Crippen molar-refractivity contribution < 1.29 is 23.5 Å². The van der Waals surface area contributed by atoms with Gasteiger partial charge in [0, 0.05) is 11.9 Å². The van der Waals surface area contributed by atoms with E-state index in [1.807, 2.05) is 6.92 Å². The van der Waals surface area contributed by atoms with E-state index in [1.165, 1.54) is 17.5 Å². The molecule has 2 aromatic rings. The second kappa shape index (κ2) is 9.84. The van der Waals surface area contributed by atoms with Crippen LogP contribution in [0.2, 0.25) is 0 Å². The van der Waals surface area contributed by atoms with Gasteiger partial charge in [-0.25, -0.2) is 14.2 Å². The van der Waals surface area contributed by atoms with Crippen LogP contribution in [0.5, 0.6) is 0 Å². The van der Waals surface area contributed by atoms with E-state index in [0.29, 0.717) is 33.8 Å². The number of carbonyl (C=O) groups is 2. The average molecular weight is 532 g/mol. The molecule has 2 N–H and O–H groups in total. The molecule has 0 unspecified atom stereocenters. The molecule has 2 amide bonds. The Bertz CT molecular complexity index is 989. The number of rotatable bonds is 4. The number of alkyl carbamates (subject to hydrolysis) is 1. The molecule has 1 saturated heterocycles. The van der Waals surface area contributed by atoms with Crippen LogP contribution in [0.25, 0.3) is 0 Å². The Morgan fingerprint density at radius 2 is 2.09 bits per heavy atom. The lowest BCUT2D eigenvalue weighted by atomic mass is 10.0. The van der Waals surface area contributed by atoms with E-state index in [4.69, 9.17) is 9.47 Å². The largest absolute Gasteiger partial charge is 0.444 e. The minimum absolute atomic E-state index is 0.207. The number of aromatic nitrogens is 3. The lowest BCUT2D eigenvalue weighted by Crippen LogP contribution is -2.44. The topological polar surface area (TPSA) is 107 Å². The number of ether oxygens (including phenoxy) is 2. The summed E-state index contributed by atoms with van der Waals surface area (Å²) in [6.07, 6.45) is -0.283. The third-order valence-electron chi connectivity index (χ3n) is 4.86. The van der Waals surface area contributed by atoms with Crippen molar-refractivity contribution in [1.82, 2.24) is 20.1 Å². The monoisotopic (exact) mass is 531 g/mol. The molecule has 32 heavy (non-hydrogen) atoms. The summed E-state index contributed by atoms with van der Waals surface area (Å²) >= 11 is 4.66. The summed E-state index contributed by atoms with van der Waals surface area (Å²) in [5.41, 5.74) is 0.742. The van der Waals surface area contributed by atoms with Crippen molar-refractivity contribution in [1.29, 1.82) is 0 Å². The molecule has 0 aromatic carbocycles. The summed E-state index contributed by atoms with van der Waals surface area (Å²) in [5.74, 6) is -0.361. The van der Waals surface area contributed by atoms with Crippen molar-refractivity contribution in [2.75, 3.05) is 11.9 Å². The second-order valence-electron chi connectivity index (χ2n) is 8.56. The predicted octanol–water partition coefficient (Wildman–Crippen LogP) is 4.28. The Balaban J connectivity index is 1.71. The lowest BCUT2D eigenvalue weighted by Gasteiger charge is -2.24. The van der Waals surface area contributed by atoms with Crippen LogP contribution in [-0.2, 0) is 16.5 Å². The molecule has 2 aromatic heterocycles. The Kier molecular flexibility index (Phi) is 7.56. The molecule has 0 aliphatic carbocycles. The van der Waals surface area contributed by atoms with Gasteiger partial charge in [0.15, 0.2) is 3.92 Å². The second-order valence-corrected chi connectivity index (χ2v) is 11.0. The predicted molar refractivity (Wildman–Crippen MR) is 122 cm³/mol. The molecule has 0 saturated carbocycles. The number of hydrogen-bond acceptors (Lipinski definition) is 7. The van der Waals surface area contributed by atoms with E-state index in [1.54, 1.807) is 32.5 Å². The fourth-order valence-corrected chi connectivity index (χ4v) is 4.97. The third-order valence-corrected chi connectivity index (χ3v) is 6.28. The van der Waals surface area contributed by atoms with Crippen molar-refractivity contribution in [3.05, 3.63) is 26.4 Å². The highest BCUT2D eigenvalue weighted by atomic mass is 79.9. The quantitative estimate of drug-likeness (QED) is 0.609. The number of carbonyl (C=O) groups excluding carboxylic acids is 2. The van der Waals surface area contributed by atoms with Gasteiger partial charge in [-0.2, -0.15) is 5.10 Å². The van der Waals surface area contributed by atoms with E-state index < -0.39 is 30.0 Å². The summed E-state index contributed by atoms with van der Waals surface area (Å²) in [7, 11) is 1.73. The number of aryl methyl sites for hydroxylation is 2. The van der Waals surface area contributed by atoms with Crippen LogP contribution in [0.4, 0.5) is 14.9 Å². The Hall–Kier alpha value is -2.05. The highest BCUT2D eigenvalue weighted by Crippen LogP contribution is 2.33. The molecule has 9 nitrogen and oxygen atoms in total. The van der Waals surface area contributed by atoms with E-state index in [0.717, 1.165) is 4.88 Å². The number of anilines is 1. The maximum absolute atomic E-state index is 14.7. The summed E-state index contributed by atoms with van der Waals surface area (Å²) in [6.45, 7) is 6.85. The molecule has 0 spiro atoms. The molecule has 1 aliphatic heterocycles. The molecule has 12 heteroatoms. The number of nitrogens with one attached hydrogen (secondary N) is 2. The Labute approximate surface area is 198 Å². The summed E-state index contributed by atoms with van der Waals surface area (Å²) < 4.78 is 28.0. The van der Waals surface area contributed by atoms with Gasteiger partial charge in [-0.15, -0.1) is 11.3 Å². The number of thiazole rings is 1. The van der Waals surface area contributed by atoms with E-state index >= 15 is 0 Å². The zero-order chi connectivity index (χ0) is 23.6. The fourth-order valence-electron chi connectivity index (χ4n) is 3.44. The van der Waals surface area contributed by atoms with E-state index in [-0.39, 0.29) is 12.5 Å². The first-order valence-electron chi connectivity index (χ1n) is 10.2. The molecular weight excluding hydrogens is 505 g/mol. The zero-order valence-electron chi connectivity index (χ0n) is 18.6.